The third-order valence-electron chi connectivity index (χ3n) is 15.6. The molecule has 0 radical (unpaired) electrons. The topological polar surface area (TPSA) is 251 Å². The highest BCUT2D eigenvalue weighted by atomic mass is 32.2. The minimum atomic E-state index is -4.31. The van der Waals surface area contributed by atoms with Crippen molar-refractivity contribution < 1.29 is 61.0 Å². The number of hydrogen-bond donors (Lipinski definition) is 7. The summed E-state index contributed by atoms with van der Waals surface area (Å²) >= 11 is 0. The number of carboxylic acids is 1. The van der Waals surface area contributed by atoms with Crippen LogP contribution in [-0.2, 0) is 42.7 Å². The highest BCUT2D eigenvalue weighted by molar-refractivity contribution is 7.86. The molecule has 3 aliphatic carbocycles. The lowest BCUT2D eigenvalue weighted by atomic mass is 9.43. The van der Waals surface area contributed by atoms with Gasteiger partial charge in [0.05, 0.1) is 29.8 Å². The maximum absolute atomic E-state index is 14.6. The summed E-state index contributed by atoms with van der Waals surface area (Å²) in [6, 6.07) is 6.28. The first-order valence-electron chi connectivity index (χ1n) is 23.8. The van der Waals surface area contributed by atoms with Gasteiger partial charge in [-0.15, -0.1) is 0 Å². The second kappa shape index (κ2) is 18.8. The van der Waals surface area contributed by atoms with Gasteiger partial charge in [0, 0.05) is 49.5 Å². The van der Waals surface area contributed by atoms with Gasteiger partial charge in [-0.05, 0) is 123 Å². The number of carboxylic acid groups (broad SMARTS) is 1. The molecule has 3 saturated carbocycles. The number of aliphatic carboxylic acids is 1. The summed E-state index contributed by atoms with van der Waals surface area (Å²) in [5, 5.41) is 38.9. The number of carbonyl (C=O) groups is 4. The molecule has 8 atom stereocenters. The van der Waals surface area contributed by atoms with Gasteiger partial charge in [0.2, 0.25) is 11.8 Å². The Labute approximate surface area is 397 Å². The highest BCUT2D eigenvalue weighted by Gasteiger charge is 2.69. The van der Waals surface area contributed by atoms with E-state index in [1.807, 2.05) is 27.7 Å². The zero-order valence-corrected chi connectivity index (χ0v) is 42.2. The van der Waals surface area contributed by atoms with Crippen molar-refractivity contribution >= 4 is 48.2 Å². The number of nitrogens with one attached hydrogen (secondary N) is 4. The number of likely N-dealkylation sites (tertiary alicyclic amines) is 1. The van der Waals surface area contributed by atoms with Gasteiger partial charge in [-0.1, -0.05) is 44.4 Å². The molecule has 4 saturated heterocycles. The van der Waals surface area contributed by atoms with Crippen molar-refractivity contribution in [3.8, 4) is 0 Å². The van der Waals surface area contributed by atoms with Crippen LogP contribution in [-0.4, -0.2) is 140 Å². The number of carbonyl (C=O) groups excluding carboxylic acids is 3. The summed E-state index contributed by atoms with van der Waals surface area (Å²) in [6.07, 6.45) is 4.07. The Morgan fingerprint density at radius 1 is 0.970 bits per heavy atom. The number of aryl methyl sites for hydroxylation is 1. The Balaban J connectivity index is 0.000000388. The first-order chi connectivity index (χ1) is 30.8. The molecule has 0 unspecified atom stereocenters. The van der Waals surface area contributed by atoms with E-state index in [2.05, 4.69) is 42.0 Å². The second-order valence-corrected chi connectivity index (χ2v) is 24.7. The predicted octanol–water partition coefficient (Wildman–Crippen LogP) is 3.49. The largest absolute Gasteiger partial charge is 0.480 e. The zero-order valence-electron chi connectivity index (χ0n) is 41.4. The van der Waals surface area contributed by atoms with Gasteiger partial charge in [-0.3, -0.25) is 23.9 Å². The fourth-order valence-electron chi connectivity index (χ4n) is 11.8. The molecule has 3 amide bonds. The van der Waals surface area contributed by atoms with Gasteiger partial charge in [0.1, 0.15) is 16.7 Å². The van der Waals surface area contributed by atoms with E-state index in [1.165, 1.54) is 24.0 Å². The Bertz CT molecular complexity index is 2140. The normalized spacial score (nSPS) is 32.7. The fraction of sp³-hybridized carbons (Fsp3) is 0.783. The fourth-order valence-corrected chi connectivity index (χ4v) is 12.8. The molecule has 1 aromatic rings. The quantitative estimate of drug-likeness (QED) is 0.0982. The molecule has 0 spiro atoms. The zero-order chi connectivity index (χ0) is 49.8. The summed E-state index contributed by atoms with van der Waals surface area (Å²) in [7, 11) is -6.10. The van der Waals surface area contributed by atoms with Crippen molar-refractivity contribution in [1.29, 1.82) is 0 Å². The lowest BCUT2D eigenvalue weighted by Gasteiger charge is -2.64. The minimum Gasteiger partial charge on any atom is -0.480 e. The van der Waals surface area contributed by atoms with Crippen LogP contribution < -0.4 is 21.3 Å². The molecular formula is C46H75B2N5O13S. The van der Waals surface area contributed by atoms with E-state index < -0.39 is 88.1 Å². The van der Waals surface area contributed by atoms with Crippen LogP contribution >= 0.6 is 0 Å². The van der Waals surface area contributed by atoms with Crippen LogP contribution in [0.2, 0.25) is 12.6 Å². The molecular weight excluding hydrogens is 884 g/mol. The standard InChI is InChI=1S/C37H58BN3O9S.C9H17BN2O4/c1-24-13-15-27(16-14-24)51(45,46)47-23-36(17-12-18-38-49-29-20-26-19-28(34(26,9)10)35(29,11)50-38)21-41(31(44)48-33(6,7)8)22-37(36,39-25(2)42)30(43)40-32(3,4)5;13-7(14)9-6-11-4-8(9,5-12-9)2-1-3-10(15)16/h13-16,26,28-29H,12,17-23H2,1-11H3,(H,39,42)(H,40,43);11-12,15-16H,1-6H2,(H,13,14)/t26-,28-,29+,35-,36-,37+;8-,9+/m00/s1. The van der Waals surface area contributed by atoms with E-state index >= 15 is 0 Å². The van der Waals surface area contributed by atoms with Crippen molar-refractivity contribution in [3.63, 3.8) is 0 Å². The Hall–Kier alpha value is -3.30. The number of benzene rings is 1. The molecule has 374 valence electrons. The van der Waals surface area contributed by atoms with Gasteiger partial charge < -0.3 is 50.1 Å². The van der Waals surface area contributed by atoms with E-state index in [-0.39, 0.29) is 41.3 Å². The van der Waals surface area contributed by atoms with Crippen LogP contribution in [0.3, 0.4) is 0 Å². The third kappa shape index (κ3) is 10.4. The number of nitrogens with zero attached hydrogens (tertiary/aromatic N) is 1. The second-order valence-electron chi connectivity index (χ2n) is 23.0. The Morgan fingerprint density at radius 3 is 2.19 bits per heavy atom. The summed E-state index contributed by atoms with van der Waals surface area (Å²) in [5.41, 5.74) is -5.22. The molecule has 2 bridgehead atoms. The Kier molecular flexibility index (Phi) is 14.9. The molecule has 7 aliphatic rings. The molecule has 0 aromatic heterocycles. The van der Waals surface area contributed by atoms with Gasteiger partial charge in [0.15, 0.2) is 0 Å². The number of rotatable bonds is 15. The van der Waals surface area contributed by atoms with Gasteiger partial charge >= 0.3 is 26.3 Å². The van der Waals surface area contributed by atoms with Crippen molar-refractivity contribution in [1.82, 2.24) is 26.2 Å². The van der Waals surface area contributed by atoms with Crippen LogP contribution in [0.25, 0.3) is 0 Å². The minimum absolute atomic E-state index is 0.0126. The van der Waals surface area contributed by atoms with Gasteiger partial charge in [0.25, 0.3) is 10.1 Å². The van der Waals surface area contributed by atoms with E-state index in [0.29, 0.717) is 63.4 Å². The molecule has 21 heteroatoms. The maximum atomic E-state index is 14.6. The number of fused-ring (bicyclic) bond motifs is 1. The Morgan fingerprint density at radius 2 is 1.64 bits per heavy atom. The van der Waals surface area contributed by atoms with Gasteiger partial charge in [-0.25, -0.2) is 4.79 Å². The molecule has 4 heterocycles. The van der Waals surface area contributed by atoms with Crippen LogP contribution in [0.5, 0.6) is 0 Å². The van der Waals surface area contributed by atoms with Crippen LogP contribution in [0.1, 0.15) is 113 Å². The monoisotopic (exact) mass is 960 g/mol. The lowest BCUT2D eigenvalue weighted by Crippen LogP contribution is -2.76. The van der Waals surface area contributed by atoms with Crippen LogP contribution in [0.4, 0.5) is 4.79 Å². The number of hydrogen-bond acceptors (Lipinski definition) is 14. The summed E-state index contributed by atoms with van der Waals surface area (Å²) in [5.74, 6) is -0.904. The third-order valence-corrected chi connectivity index (χ3v) is 16.9. The van der Waals surface area contributed by atoms with E-state index in [4.69, 9.17) is 28.3 Å². The van der Waals surface area contributed by atoms with Crippen molar-refractivity contribution in [2.24, 2.45) is 28.1 Å². The van der Waals surface area contributed by atoms with E-state index in [0.717, 1.165) is 18.4 Å². The molecule has 7 fully saturated rings. The first-order valence-corrected chi connectivity index (χ1v) is 25.2. The van der Waals surface area contributed by atoms with Crippen LogP contribution in [0, 0.1) is 35.0 Å². The maximum Gasteiger partial charge on any atom is 0.457 e. The van der Waals surface area contributed by atoms with E-state index in [1.54, 1.807) is 32.9 Å². The molecule has 1 aromatic carbocycles. The van der Waals surface area contributed by atoms with Crippen LogP contribution in [0.15, 0.2) is 29.2 Å². The average Bonchev–Trinajstić information content (AvgIpc) is 3.79. The smallest absolute Gasteiger partial charge is 0.457 e. The first kappa shape index (κ1) is 53.1. The number of amides is 3. The average molecular weight is 960 g/mol. The summed E-state index contributed by atoms with van der Waals surface area (Å²) in [6.45, 7) is 21.5. The summed E-state index contributed by atoms with van der Waals surface area (Å²) < 4.78 is 52.1. The number of ether oxygens (including phenoxy) is 1. The molecule has 67 heavy (non-hydrogen) atoms. The highest BCUT2D eigenvalue weighted by Crippen LogP contribution is 2.66. The predicted molar refractivity (Wildman–Crippen MR) is 251 cm³/mol. The molecule has 4 aliphatic heterocycles. The molecule has 8 rings (SSSR count). The van der Waals surface area contributed by atoms with Crippen molar-refractivity contribution in [3.05, 3.63) is 29.8 Å². The van der Waals surface area contributed by atoms with Crippen molar-refractivity contribution in [2.75, 3.05) is 39.3 Å². The molecule has 18 nitrogen and oxygen atoms in total. The molecule has 7 N–H and O–H groups in total. The van der Waals surface area contributed by atoms with Crippen molar-refractivity contribution in [2.45, 2.75) is 166 Å². The SMILES string of the molecule is CC(=O)N[C@@]1(C(=O)NC(C)(C)C)CN(C(=O)OC(C)(C)C)C[C@@]1(CCCB1O[C@@H]2C[C@@H]3C[C@@H](C3(C)C)[C@]2(C)O1)COS(=O)(=O)c1ccc(C)cc1.O=C(O)[C@]12CNC[C@@]1(CCCB(O)O)CN2. The van der Waals surface area contributed by atoms with E-state index in [9.17, 15) is 32.7 Å². The lowest BCUT2D eigenvalue weighted by molar-refractivity contribution is -0.199. The van der Waals surface area contributed by atoms with Gasteiger partial charge in [-0.2, -0.15) is 8.42 Å². The summed E-state index contributed by atoms with van der Waals surface area (Å²) in [4.78, 5) is 54.0.